The molecule has 0 bridgehead atoms. The van der Waals surface area contributed by atoms with Crippen molar-refractivity contribution in [3.8, 4) is 0 Å². The summed E-state index contributed by atoms with van der Waals surface area (Å²) in [4.78, 5) is 4.73. The largest absolute Gasteiger partial charge is 0.330 e. The van der Waals surface area contributed by atoms with Crippen molar-refractivity contribution in [2.75, 3.05) is 0 Å². The first-order chi connectivity index (χ1) is 6.84. The minimum atomic E-state index is 0.350. The molecule has 2 heterocycles. The predicted octanol–water partition coefficient (Wildman–Crippen LogP) is 1.04. The summed E-state index contributed by atoms with van der Waals surface area (Å²) in [5.41, 5.74) is 8.84. The second kappa shape index (κ2) is 3.09. The zero-order chi connectivity index (χ0) is 9.54. The van der Waals surface area contributed by atoms with Crippen molar-refractivity contribution in [2.24, 2.45) is 5.73 Å². The molecule has 3 rings (SSSR count). The van der Waals surface area contributed by atoms with E-state index in [0.29, 0.717) is 6.04 Å². The van der Waals surface area contributed by atoms with E-state index in [4.69, 9.17) is 10.7 Å². The maximum atomic E-state index is 5.99. The molecule has 0 spiro atoms. The summed E-state index contributed by atoms with van der Waals surface area (Å²) in [7, 11) is 0. The minimum absolute atomic E-state index is 0.350. The lowest BCUT2D eigenvalue weighted by Gasteiger charge is -2.22. The zero-order valence-electron chi connectivity index (χ0n) is 8.50. The molecular weight excluding hydrogens is 174 g/mol. The molecule has 14 heavy (non-hydrogen) atoms. The number of nitrogens with two attached hydrogens (primary N) is 1. The number of hydrogen-bond donors (Lipinski definition) is 1. The smallest absolute Gasteiger partial charge is 0.109 e. The van der Waals surface area contributed by atoms with Crippen LogP contribution < -0.4 is 5.73 Å². The van der Waals surface area contributed by atoms with Crippen LogP contribution in [0.2, 0.25) is 0 Å². The Morgan fingerprint density at radius 1 is 1.21 bits per heavy atom. The van der Waals surface area contributed by atoms with Gasteiger partial charge in [-0.2, -0.15) is 0 Å². The van der Waals surface area contributed by atoms with Crippen LogP contribution in [0.25, 0.3) is 0 Å². The first-order valence-electron chi connectivity index (χ1n) is 5.67. The van der Waals surface area contributed by atoms with E-state index >= 15 is 0 Å². The van der Waals surface area contributed by atoms with Crippen LogP contribution in [0.15, 0.2) is 0 Å². The van der Waals surface area contributed by atoms with Crippen molar-refractivity contribution in [1.82, 2.24) is 9.55 Å². The fourth-order valence-electron chi connectivity index (χ4n) is 2.70. The highest BCUT2D eigenvalue weighted by atomic mass is 15.1. The van der Waals surface area contributed by atoms with Crippen molar-refractivity contribution >= 4 is 0 Å². The molecule has 2 aliphatic rings. The Morgan fingerprint density at radius 3 is 3.00 bits per heavy atom. The van der Waals surface area contributed by atoms with Gasteiger partial charge >= 0.3 is 0 Å². The molecule has 1 atom stereocenters. The maximum Gasteiger partial charge on any atom is 0.109 e. The van der Waals surface area contributed by atoms with E-state index < -0.39 is 0 Å². The van der Waals surface area contributed by atoms with Crippen LogP contribution in [0.5, 0.6) is 0 Å². The summed E-state index contributed by atoms with van der Waals surface area (Å²) in [5.74, 6) is 1.29. The minimum Gasteiger partial charge on any atom is -0.330 e. The molecule has 0 saturated carbocycles. The number of hydrogen-bond acceptors (Lipinski definition) is 2. The van der Waals surface area contributed by atoms with Crippen LogP contribution in [0.1, 0.15) is 36.5 Å². The number of imidazole rings is 1. The molecular formula is C11H17N3. The predicted molar refractivity (Wildman–Crippen MR) is 55.2 cm³/mol. The van der Waals surface area contributed by atoms with Crippen LogP contribution in [0.3, 0.4) is 0 Å². The number of aryl methyl sites for hydroxylation is 2. The monoisotopic (exact) mass is 191 g/mol. The summed E-state index contributed by atoms with van der Waals surface area (Å²) in [6.07, 6.45) is 7.23. The second-order valence-electron chi connectivity index (χ2n) is 4.54. The molecule has 1 aromatic rings. The Bertz CT molecular complexity index is 354. The molecule has 3 nitrogen and oxygen atoms in total. The molecule has 1 unspecified atom stereocenters. The van der Waals surface area contributed by atoms with Crippen LogP contribution >= 0.6 is 0 Å². The normalized spacial score (nSPS) is 25.6. The molecule has 1 aliphatic carbocycles. The van der Waals surface area contributed by atoms with Crippen molar-refractivity contribution in [2.45, 2.75) is 51.1 Å². The van der Waals surface area contributed by atoms with Gasteiger partial charge in [0.25, 0.3) is 0 Å². The number of nitrogens with zero attached hydrogens (tertiary/aromatic N) is 2. The Hall–Kier alpha value is -0.830. The van der Waals surface area contributed by atoms with E-state index in [-0.39, 0.29) is 0 Å². The van der Waals surface area contributed by atoms with Crippen LogP contribution in [0, 0.1) is 0 Å². The summed E-state index contributed by atoms with van der Waals surface area (Å²) >= 11 is 0. The Kier molecular flexibility index (Phi) is 1.87. The lowest BCUT2D eigenvalue weighted by atomic mass is 10.0. The summed E-state index contributed by atoms with van der Waals surface area (Å²) in [5, 5.41) is 0. The average molecular weight is 191 g/mol. The highest BCUT2D eigenvalue weighted by Gasteiger charge is 2.24. The number of rotatable bonds is 0. The topological polar surface area (TPSA) is 43.8 Å². The third-order valence-corrected chi connectivity index (χ3v) is 3.47. The van der Waals surface area contributed by atoms with Gasteiger partial charge in [-0.05, 0) is 32.1 Å². The molecule has 1 aromatic heterocycles. The van der Waals surface area contributed by atoms with Crippen molar-refractivity contribution < 1.29 is 0 Å². The maximum absolute atomic E-state index is 5.99. The van der Waals surface area contributed by atoms with Crippen LogP contribution in [-0.4, -0.2) is 15.6 Å². The second-order valence-corrected chi connectivity index (χ2v) is 4.54. The quantitative estimate of drug-likeness (QED) is 0.665. The highest BCUT2D eigenvalue weighted by molar-refractivity contribution is 5.21. The molecule has 0 fully saturated rings. The van der Waals surface area contributed by atoms with Crippen molar-refractivity contribution in [3.05, 3.63) is 17.2 Å². The first kappa shape index (κ1) is 8.48. The van der Waals surface area contributed by atoms with Gasteiger partial charge in [0, 0.05) is 24.7 Å². The summed E-state index contributed by atoms with van der Waals surface area (Å²) in [6, 6.07) is 0.350. The van der Waals surface area contributed by atoms with Gasteiger partial charge in [-0.3, -0.25) is 0 Å². The molecule has 3 heteroatoms. The van der Waals surface area contributed by atoms with Crippen LogP contribution in [-0.2, 0) is 25.8 Å². The van der Waals surface area contributed by atoms with Gasteiger partial charge in [-0.1, -0.05) is 0 Å². The fourth-order valence-corrected chi connectivity index (χ4v) is 2.70. The van der Waals surface area contributed by atoms with Gasteiger partial charge in [0.05, 0.1) is 5.69 Å². The molecule has 0 amide bonds. The van der Waals surface area contributed by atoms with E-state index in [1.807, 2.05) is 0 Å². The molecule has 1 aliphatic heterocycles. The van der Waals surface area contributed by atoms with Gasteiger partial charge in [-0.15, -0.1) is 0 Å². The van der Waals surface area contributed by atoms with E-state index in [1.165, 1.54) is 42.9 Å². The number of aromatic nitrogens is 2. The lowest BCUT2D eigenvalue weighted by Crippen LogP contribution is -2.32. The van der Waals surface area contributed by atoms with E-state index in [0.717, 1.165) is 19.4 Å². The molecule has 76 valence electrons. The van der Waals surface area contributed by atoms with Gasteiger partial charge < -0.3 is 10.3 Å². The van der Waals surface area contributed by atoms with Crippen LogP contribution in [0.4, 0.5) is 0 Å². The summed E-state index contributed by atoms with van der Waals surface area (Å²) in [6.45, 7) is 0.998. The van der Waals surface area contributed by atoms with E-state index in [1.54, 1.807) is 0 Å². The van der Waals surface area contributed by atoms with E-state index in [2.05, 4.69) is 4.57 Å². The number of fused-ring (bicyclic) bond motifs is 3. The van der Waals surface area contributed by atoms with Crippen molar-refractivity contribution in [1.29, 1.82) is 0 Å². The third-order valence-electron chi connectivity index (χ3n) is 3.47. The molecule has 0 aromatic carbocycles. The van der Waals surface area contributed by atoms with Gasteiger partial charge in [0.1, 0.15) is 5.82 Å². The standard InChI is InChI=1S/C11H17N3/c12-8-5-6-11-13-9-3-1-2-4-10(9)14(11)7-8/h8H,1-7,12H2. The Balaban J connectivity index is 2.05. The van der Waals surface area contributed by atoms with Gasteiger partial charge in [-0.25, -0.2) is 4.98 Å². The Labute approximate surface area is 84.3 Å². The highest BCUT2D eigenvalue weighted by Crippen LogP contribution is 2.25. The molecule has 2 N–H and O–H groups in total. The zero-order valence-corrected chi connectivity index (χ0v) is 8.50. The van der Waals surface area contributed by atoms with Crippen molar-refractivity contribution in [3.63, 3.8) is 0 Å². The van der Waals surface area contributed by atoms with Gasteiger partial charge in [0.15, 0.2) is 0 Å². The van der Waals surface area contributed by atoms with Gasteiger partial charge in [0.2, 0.25) is 0 Å². The molecule has 0 saturated heterocycles. The fraction of sp³-hybridized carbons (Fsp3) is 0.727. The van der Waals surface area contributed by atoms with E-state index in [9.17, 15) is 0 Å². The summed E-state index contributed by atoms with van der Waals surface area (Å²) < 4.78 is 2.39. The first-order valence-corrected chi connectivity index (χ1v) is 5.67. The molecule has 0 radical (unpaired) electrons. The SMILES string of the molecule is NC1CCc2nc3c(n2C1)CCCC3. The lowest BCUT2D eigenvalue weighted by molar-refractivity contribution is 0.440. The third kappa shape index (κ3) is 1.19. The Morgan fingerprint density at radius 2 is 2.07 bits per heavy atom. The average Bonchev–Trinajstić information content (AvgIpc) is 2.56.